The Morgan fingerprint density at radius 3 is 2.95 bits per heavy atom. The Morgan fingerprint density at radius 2 is 2.05 bits per heavy atom. The average molecular weight is 280 g/mol. The van der Waals surface area contributed by atoms with Crippen molar-refractivity contribution in [3.05, 3.63) is 59.9 Å². The third-order valence-electron chi connectivity index (χ3n) is 3.40. The Morgan fingerprint density at radius 1 is 1.05 bits per heavy atom. The van der Waals surface area contributed by atoms with E-state index in [9.17, 15) is 0 Å². The average Bonchev–Trinajstić information content (AvgIpc) is 2.98. The molecule has 0 N–H and O–H groups in total. The van der Waals surface area contributed by atoms with Gasteiger partial charge in [0, 0.05) is 36.5 Å². The van der Waals surface area contributed by atoms with E-state index in [0.717, 1.165) is 5.39 Å². The normalized spacial score (nSPS) is 16.8. The summed E-state index contributed by atoms with van der Waals surface area (Å²) < 4.78 is 51.1. The van der Waals surface area contributed by atoms with Gasteiger partial charge in [-0.15, -0.1) is 0 Å². The van der Waals surface area contributed by atoms with Crippen LogP contribution >= 0.6 is 0 Å². The van der Waals surface area contributed by atoms with Crippen LogP contribution in [0.1, 0.15) is 19.5 Å². The molecule has 0 radical (unpaired) electrons. The zero-order valence-corrected chi connectivity index (χ0v) is 10.9. The first-order valence-corrected chi connectivity index (χ1v) is 6.44. The second-order valence-electron chi connectivity index (χ2n) is 4.76. The summed E-state index contributed by atoms with van der Waals surface area (Å²) in [4.78, 5) is 8.42. The van der Waals surface area contributed by atoms with Gasteiger partial charge in [0.25, 0.3) is 0 Å². The standard InChI is InChI=1S/C18H14N2O/c1-11-8-9-19-16(10-11)15-5-3-4-13-14-7-6-12(2)20-18(14)21-17(13)15/h3-10H,1-2H3/i1D3,2D3. The molecule has 0 aliphatic rings. The van der Waals surface area contributed by atoms with Gasteiger partial charge >= 0.3 is 0 Å². The molecule has 4 aromatic rings. The molecule has 0 aliphatic carbocycles. The molecule has 21 heavy (non-hydrogen) atoms. The van der Waals surface area contributed by atoms with Gasteiger partial charge in [-0.3, -0.25) is 4.98 Å². The van der Waals surface area contributed by atoms with Crippen LogP contribution in [0.3, 0.4) is 0 Å². The zero-order chi connectivity index (χ0) is 19.4. The first-order valence-electron chi connectivity index (χ1n) is 9.44. The number of fused-ring (bicyclic) bond motifs is 3. The Labute approximate surface area is 130 Å². The molecule has 0 saturated heterocycles. The fraction of sp³-hybridized carbons (Fsp3) is 0.111. The van der Waals surface area contributed by atoms with Crippen LogP contribution in [0.2, 0.25) is 0 Å². The molecule has 3 heterocycles. The third kappa shape index (κ3) is 1.89. The molecule has 0 aliphatic heterocycles. The van der Waals surface area contributed by atoms with Gasteiger partial charge in [0.2, 0.25) is 5.71 Å². The summed E-state index contributed by atoms with van der Waals surface area (Å²) in [6.07, 6.45) is 1.45. The van der Waals surface area contributed by atoms with E-state index in [2.05, 4.69) is 9.97 Å². The molecule has 1 aromatic carbocycles. The van der Waals surface area contributed by atoms with Gasteiger partial charge in [0.05, 0.1) is 5.69 Å². The minimum absolute atomic E-state index is 0.0434. The molecule has 0 saturated carbocycles. The molecule has 0 bridgehead atoms. The topological polar surface area (TPSA) is 38.9 Å². The highest BCUT2D eigenvalue weighted by Gasteiger charge is 2.13. The van der Waals surface area contributed by atoms with Crippen molar-refractivity contribution in [3.63, 3.8) is 0 Å². The van der Waals surface area contributed by atoms with Crippen molar-refractivity contribution in [1.82, 2.24) is 9.97 Å². The summed E-state index contributed by atoms with van der Waals surface area (Å²) in [7, 11) is 0. The number of hydrogen-bond acceptors (Lipinski definition) is 3. The molecule has 102 valence electrons. The van der Waals surface area contributed by atoms with E-state index in [1.807, 2.05) is 12.1 Å². The fourth-order valence-electron chi connectivity index (χ4n) is 2.46. The fourth-order valence-corrected chi connectivity index (χ4v) is 2.46. The van der Waals surface area contributed by atoms with Crippen molar-refractivity contribution in [2.45, 2.75) is 13.7 Å². The van der Waals surface area contributed by atoms with E-state index in [4.69, 9.17) is 12.6 Å². The summed E-state index contributed by atoms with van der Waals surface area (Å²) >= 11 is 0. The van der Waals surface area contributed by atoms with Crippen LogP contribution < -0.4 is 0 Å². The summed E-state index contributed by atoms with van der Waals surface area (Å²) in [6.45, 7) is -4.57. The summed E-state index contributed by atoms with van der Waals surface area (Å²) in [6, 6.07) is 11.5. The quantitative estimate of drug-likeness (QED) is 0.509. The van der Waals surface area contributed by atoms with E-state index in [1.54, 1.807) is 12.1 Å². The van der Waals surface area contributed by atoms with Gasteiger partial charge in [0.15, 0.2) is 0 Å². The number of furan rings is 1. The van der Waals surface area contributed by atoms with Crippen LogP contribution in [0.15, 0.2) is 53.1 Å². The molecule has 4 rings (SSSR count). The lowest BCUT2D eigenvalue weighted by Gasteiger charge is -2.02. The number of para-hydroxylation sites is 1. The predicted octanol–water partition coefficient (Wildman–Crippen LogP) is 4.66. The monoisotopic (exact) mass is 280 g/mol. The van der Waals surface area contributed by atoms with Crippen LogP contribution in [0.25, 0.3) is 33.3 Å². The molecular weight excluding hydrogens is 260 g/mol. The molecule has 3 heteroatoms. The van der Waals surface area contributed by atoms with Gasteiger partial charge in [-0.05, 0) is 49.6 Å². The number of aryl methyl sites for hydroxylation is 2. The van der Waals surface area contributed by atoms with Crippen LogP contribution in [-0.2, 0) is 0 Å². The van der Waals surface area contributed by atoms with Gasteiger partial charge in [-0.1, -0.05) is 12.1 Å². The first kappa shape index (κ1) is 7.36. The minimum Gasteiger partial charge on any atom is -0.437 e. The summed E-state index contributed by atoms with van der Waals surface area (Å²) in [5.74, 6) is 0. The maximum atomic E-state index is 7.58. The van der Waals surface area contributed by atoms with E-state index in [1.165, 1.54) is 24.4 Å². The predicted molar refractivity (Wildman–Crippen MR) is 84.2 cm³/mol. The van der Waals surface area contributed by atoms with Crippen LogP contribution in [0, 0.1) is 13.7 Å². The van der Waals surface area contributed by atoms with Crippen molar-refractivity contribution in [2.75, 3.05) is 0 Å². The van der Waals surface area contributed by atoms with Crippen molar-refractivity contribution in [1.29, 1.82) is 0 Å². The van der Waals surface area contributed by atoms with Gasteiger partial charge < -0.3 is 4.42 Å². The third-order valence-corrected chi connectivity index (χ3v) is 3.40. The number of pyridine rings is 2. The maximum absolute atomic E-state index is 7.58. The van der Waals surface area contributed by atoms with Crippen LogP contribution in [-0.4, -0.2) is 9.97 Å². The molecular formula is C18H14N2O. The van der Waals surface area contributed by atoms with Crippen LogP contribution in [0.5, 0.6) is 0 Å². The number of hydrogen-bond donors (Lipinski definition) is 0. The second-order valence-corrected chi connectivity index (χ2v) is 4.76. The molecule has 0 spiro atoms. The van der Waals surface area contributed by atoms with E-state index in [0.29, 0.717) is 22.2 Å². The Hall–Kier alpha value is -2.68. The number of nitrogens with zero attached hydrogens (tertiary/aromatic N) is 2. The van der Waals surface area contributed by atoms with Crippen LogP contribution in [0.4, 0.5) is 0 Å². The van der Waals surface area contributed by atoms with Crippen molar-refractivity contribution in [3.8, 4) is 11.3 Å². The Kier molecular flexibility index (Phi) is 1.55. The van der Waals surface area contributed by atoms with Crippen molar-refractivity contribution in [2.24, 2.45) is 0 Å². The smallest absolute Gasteiger partial charge is 0.227 e. The maximum Gasteiger partial charge on any atom is 0.227 e. The number of aromatic nitrogens is 2. The number of benzene rings is 1. The molecule has 3 aromatic heterocycles. The van der Waals surface area contributed by atoms with E-state index >= 15 is 0 Å². The number of rotatable bonds is 1. The molecule has 0 unspecified atom stereocenters. The minimum atomic E-state index is -2.33. The van der Waals surface area contributed by atoms with Gasteiger partial charge in [0.1, 0.15) is 5.58 Å². The highest BCUT2D eigenvalue weighted by atomic mass is 16.3. The largest absolute Gasteiger partial charge is 0.437 e. The lowest BCUT2D eigenvalue weighted by atomic mass is 10.1. The van der Waals surface area contributed by atoms with E-state index < -0.39 is 13.7 Å². The van der Waals surface area contributed by atoms with E-state index in [-0.39, 0.29) is 17.0 Å². The summed E-state index contributed by atoms with van der Waals surface area (Å²) in [5, 5.41) is 1.44. The van der Waals surface area contributed by atoms with Gasteiger partial charge in [-0.25, -0.2) is 4.98 Å². The molecule has 0 fully saturated rings. The van der Waals surface area contributed by atoms with Crippen molar-refractivity contribution >= 4 is 22.1 Å². The highest BCUT2D eigenvalue weighted by molar-refractivity contribution is 6.08. The summed E-state index contributed by atoms with van der Waals surface area (Å²) in [5.41, 5.74) is 1.92. The molecule has 0 amide bonds. The zero-order valence-electron chi connectivity index (χ0n) is 16.9. The lowest BCUT2D eigenvalue weighted by molar-refractivity contribution is 0.653. The molecule has 3 nitrogen and oxygen atoms in total. The Balaban J connectivity index is 1.95. The van der Waals surface area contributed by atoms with Crippen molar-refractivity contribution < 1.29 is 12.6 Å². The Bertz CT molecular complexity index is 1160. The SMILES string of the molecule is [2H]C([2H])([2H])c1ccnc(-c2cccc3c2oc2nc(C([2H])([2H])[2H])ccc23)c1. The lowest BCUT2D eigenvalue weighted by Crippen LogP contribution is -1.84. The first-order chi connectivity index (χ1) is 12.6. The second kappa shape index (κ2) is 4.42. The molecule has 0 atom stereocenters. The highest BCUT2D eigenvalue weighted by Crippen LogP contribution is 2.34. The van der Waals surface area contributed by atoms with Gasteiger partial charge in [-0.2, -0.15) is 0 Å².